The van der Waals surface area contributed by atoms with Crippen LogP contribution in [0.15, 0.2) is 54.6 Å². The first-order chi connectivity index (χ1) is 17.8. The molecule has 0 aromatic heterocycles. The Morgan fingerprint density at radius 1 is 1.03 bits per heavy atom. The average molecular weight is 561 g/mol. The summed E-state index contributed by atoms with van der Waals surface area (Å²) in [5.41, 5.74) is 5.26. The van der Waals surface area contributed by atoms with Crippen LogP contribution >= 0.6 is 34.8 Å². The van der Waals surface area contributed by atoms with Crippen LogP contribution in [-0.4, -0.2) is 5.91 Å². The summed E-state index contributed by atoms with van der Waals surface area (Å²) >= 11 is 19.1. The number of carbonyl (C=O) groups is 1. The van der Waals surface area contributed by atoms with Gasteiger partial charge in [-0.3, -0.25) is 4.79 Å². The van der Waals surface area contributed by atoms with Crippen molar-refractivity contribution in [3.63, 3.8) is 0 Å². The molecule has 0 aliphatic heterocycles. The largest absolute Gasteiger partial charge is 0.326 e. The highest BCUT2D eigenvalue weighted by atomic mass is 35.5. The predicted molar refractivity (Wildman–Crippen MR) is 154 cm³/mol. The first kappa shape index (κ1) is 28.0. The molecule has 3 unspecified atom stereocenters. The molecule has 0 spiro atoms. The van der Waals surface area contributed by atoms with E-state index in [1.165, 1.54) is 29.3 Å². The zero-order valence-corrected chi connectivity index (χ0v) is 23.6. The third-order valence-electron chi connectivity index (χ3n) is 7.71. The van der Waals surface area contributed by atoms with Gasteiger partial charge in [-0.2, -0.15) is 0 Å². The Labute approximate surface area is 234 Å². The number of hydrogen-bond donors (Lipinski definition) is 1. The lowest BCUT2D eigenvalue weighted by molar-refractivity contribution is -0.120. The third-order valence-corrected chi connectivity index (χ3v) is 8.67. The molecule has 1 amide bonds. The summed E-state index contributed by atoms with van der Waals surface area (Å²) in [5.74, 6) is -0.196. The maximum Gasteiger partial charge on any atom is 0.227 e. The number of anilines is 1. The smallest absolute Gasteiger partial charge is 0.227 e. The lowest BCUT2D eigenvalue weighted by atomic mass is 9.75. The highest BCUT2D eigenvalue weighted by molar-refractivity contribution is 6.36. The Hall–Kier alpha value is -2.07. The van der Waals surface area contributed by atoms with Crippen molar-refractivity contribution in [1.29, 1.82) is 0 Å². The van der Waals surface area contributed by atoms with Crippen LogP contribution in [0.2, 0.25) is 15.1 Å². The first-order valence-electron chi connectivity index (χ1n) is 13.1. The van der Waals surface area contributed by atoms with Gasteiger partial charge in [-0.05, 0) is 96.5 Å². The van der Waals surface area contributed by atoms with E-state index in [0.29, 0.717) is 11.6 Å². The quantitative estimate of drug-likeness (QED) is 0.306. The Balaban J connectivity index is 1.47. The highest BCUT2D eigenvalue weighted by Gasteiger charge is 2.30. The standard InChI is InChI=1S/C31H33Cl3FNO/c1-3-20-16-27(32)26(28(33)17-20)13-11-21-7-6-10-24(25-9-5-4-8-22(25)15-21)19(2)31(37)36-23-12-14-30(35)29(34)18-23/h4-5,8-9,12,14,16-19,21,24H,3,6-7,10-11,13,15H2,1-2H3,(H,36,37). The fourth-order valence-electron chi connectivity index (χ4n) is 5.50. The predicted octanol–water partition coefficient (Wildman–Crippen LogP) is 9.68. The van der Waals surface area contributed by atoms with Gasteiger partial charge < -0.3 is 5.32 Å². The number of aryl methyl sites for hydroxylation is 1. The number of amides is 1. The molecule has 0 bridgehead atoms. The van der Waals surface area contributed by atoms with Crippen molar-refractivity contribution in [3.8, 4) is 0 Å². The number of carbonyl (C=O) groups excluding carboxylic acids is 1. The van der Waals surface area contributed by atoms with Gasteiger partial charge in [-0.1, -0.05) is 85.8 Å². The molecule has 0 radical (unpaired) electrons. The minimum atomic E-state index is -0.501. The molecular weight excluding hydrogens is 528 g/mol. The number of benzene rings is 3. The number of rotatable bonds is 7. The van der Waals surface area contributed by atoms with Crippen LogP contribution in [0.5, 0.6) is 0 Å². The van der Waals surface area contributed by atoms with Crippen LogP contribution in [0.1, 0.15) is 67.7 Å². The summed E-state index contributed by atoms with van der Waals surface area (Å²) in [7, 11) is 0. The molecule has 3 aromatic carbocycles. The van der Waals surface area contributed by atoms with Crippen LogP contribution in [0.25, 0.3) is 0 Å². The van der Waals surface area contributed by atoms with Crippen molar-refractivity contribution >= 4 is 46.4 Å². The van der Waals surface area contributed by atoms with E-state index in [0.717, 1.165) is 66.1 Å². The van der Waals surface area contributed by atoms with E-state index in [2.05, 4.69) is 36.5 Å². The fourth-order valence-corrected chi connectivity index (χ4v) is 6.40. The second-order valence-electron chi connectivity index (χ2n) is 10.1. The molecule has 4 rings (SSSR count). The topological polar surface area (TPSA) is 29.1 Å². The monoisotopic (exact) mass is 559 g/mol. The van der Waals surface area contributed by atoms with Gasteiger partial charge in [-0.25, -0.2) is 4.39 Å². The van der Waals surface area contributed by atoms with E-state index in [4.69, 9.17) is 34.8 Å². The van der Waals surface area contributed by atoms with Crippen LogP contribution in [-0.2, 0) is 24.1 Å². The summed E-state index contributed by atoms with van der Waals surface area (Å²) in [5, 5.41) is 4.45. The minimum absolute atomic E-state index is 0.00308. The highest BCUT2D eigenvalue weighted by Crippen LogP contribution is 2.39. The molecule has 0 saturated carbocycles. The van der Waals surface area contributed by atoms with E-state index in [1.807, 2.05) is 19.1 Å². The zero-order chi connectivity index (χ0) is 26.5. The van der Waals surface area contributed by atoms with Gasteiger partial charge in [0, 0.05) is 21.7 Å². The summed E-state index contributed by atoms with van der Waals surface area (Å²) in [6, 6.07) is 16.8. The lowest BCUT2D eigenvalue weighted by Crippen LogP contribution is -2.28. The normalized spacial score (nSPS) is 18.4. The van der Waals surface area contributed by atoms with Crippen molar-refractivity contribution < 1.29 is 9.18 Å². The Morgan fingerprint density at radius 3 is 2.46 bits per heavy atom. The van der Waals surface area contributed by atoms with Gasteiger partial charge in [0.1, 0.15) is 5.82 Å². The van der Waals surface area contributed by atoms with Crippen molar-refractivity contribution in [2.45, 2.75) is 64.7 Å². The maximum atomic E-state index is 13.5. The van der Waals surface area contributed by atoms with Gasteiger partial charge in [0.25, 0.3) is 0 Å². The van der Waals surface area contributed by atoms with Gasteiger partial charge in [-0.15, -0.1) is 0 Å². The summed E-state index contributed by atoms with van der Waals surface area (Å²) in [6.07, 6.45) is 6.82. The fraction of sp³-hybridized carbons (Fsp3) is 0.387. The number of halogens is 4. The molecule has 196 valence electrons. The Bertz CT molecular complexity index is 1240. The van der Waals surface area contributed by atoms with Crippen LogP contribution in [0, 0.1) is 17.7 Å². The van der Waals surface area contributed by atoms with Crippen molar-refractivity contribution in [2.24, 2.45) is 11.8 Å². The maximum absolute atomic E-state index is 13.5. The van der Waals surface area contributed by atoms with E-state index < -0.39 is 5.82 Å². The van der Waals surface area contributed by atoms with Crippen LogP contribution in [0.3, 0.4) is 0 Å². The second kappa shape index (κ2) is 12.7. The Morgan fingerprint density at radius 2 is 1.76 bits per heavy atom. The van der Waals surface area contributed by atoms with E-state index >= 15 is 0 Å². The molecule has 1 aliphatic rings. The molecule has 6 heteroatoms. The summed E-state index contributed by atoms with van der Waals surface area (Å²) in [6.45, 7) is 4.08. The molecule has 1 N–H and O–H groups in total. The first-order valence-corrected chi connectivity index (χ1v) is 14.2. The molecule has 3 atom stereocenters. The summed E-state index contributed by atoms with van der Waals surface area (Å²) in [4.78, 5) is 13.2. The van der Waals surface area contributed by atoms with Gasteiger partial charge in [0.15, 0.2) is 0 Å². The molecule has 3 aromatic rings. The SMILES string of the molecule is CCc1cc(Cl)c(CCC2CCCC(C(C)C(=O)Nc3ccc(F)c(Cl)c3)c3ccccc3C2)c(Cl)c1. The number of fused-ring (bicyclic) bond motifs is 1. The van der Waals surface area contributed by atoms with Crippen LogP contribution < -0.4 is 5.32 Å². The second-order valence-corrected chi connectivity index (χ2v) is 11.4. The molecule has 0 saturated heterocycles. The average Bonchev–Trinajstić information content (AvgIpc) is 2.86. The lowest BCUT2D eigenvalue weighted by Gasteiger charge is -2.30. The Kier molecular flexibility index (Phi) is 9.56. The molecule has 37 heavy (non-hydrogen) atoms. The van der Waals surface area contributed by atoms with Crippen molar-refractivity contribution in [1.82, 2.24) is 0 Å². The third kappa shape index (κ3) is 6.88. The molecule has 2 nitrogen and oxygen atoms in total. The molecule has 1 aliphatic carbocycles. The minimum Gasteiger partial charge on any atom is -0.326 e. The number of hydrogen-bond acceptors (Lipinski definition) is 1. The van der Waals surface area contributed by atoms with E-state index in [1.54, 1.807) is 0 Å². The molecular formula is C31H33Cl3FNO. The molecule has 0 fully saturated rings. The van der Waals surface area contributed by atoms with Gasteiger partial charge >= 0.3 is 0 Å². The van der Waals surface area contributed by atoms with Gasteiger partial charge in [0.2, 0.25) is 5.91 Å². The molecule has 0 heterocycles. The van der Waals surface area contributed by atoms with E-state index in [-0.39, 0.29) is 22.8 Å². The van der Waals surface area contributed by atoms with E-state index in [9.17, 15) is 9.18 Å². The van der Waals surface area contributed by atoms with Crippen molar-refractivity contribution in [2.75, 3.05) is 5.32 Å². The summed E-state index contributed by atoms with van der Waals surface area (Å²) < 4.78 is 13.5. The van der Waals surface area contributed by atoms with Crippen LogP contribution in [0.4, 0.5) is 10.1 Å². The van der Waals surface area contributed by atoms with Gasteiger partial charge in [0.05, 0.1) is 5.02 Å². The number of nitrogens with one attached hydrogen (secondary N) is 1. The van der Waals surface area contributed by atoms with Crippen molar-refractivity contribution in [3.05, 3.63) is 97.7 Å². The zero-order valence-electron chi connectivity index (χ0n) is 21.3.